The molecule has 26 heavy (non-hydrogen) atoms. The van der Waals surface area contributed by atoms with Crippen LogP contribution in [0.25, 0.3) is 22.2 Å². The van der Waals surface area contributed by atoms with E-state index in [1.165, 1.54) is 6.07 Å². The molecule has 1 aromatic carbocycles. The molecule has 3 rings (SSSR count). The highest BCUT2D eigenvalue weighted by Crippen LogP contribution is 2.27. The van der Waals surface area contributed by atoms with Crippen LogP contribution in [0.1, 0.15) is 16.1 Å². The van der Waals surface area contributed by atoms with Crippen LogP contribution in [0.2, 0.25) is 0 Å². The first-order valence-corrected chi connectivity index (χ1v) is 7.71. The number of aromatic amines is 1. The number of aromatic carboxylic acids is 1. The molecule has 7 nitrogen and oxygen atoms in total. The molecule has 0 bridgehead atoms. The summed E-state index contributed by atoms with van der Waals surface area (Å²) < 4.78 is 2.10. The van der Waals surface area contributed by atoms with Crippen molar-refractivity contribution in [3.05, 3.63) is 51.9 Å². The number of aryl methyl sites for hydroxylation is 1. The van der Waals surface area contributed by atoms with Crippen LogP contribution in [0.3, 0.4) is 0 Å². The summed E-state index contributed by atoms with van der Waals surface area (Å²) in [6.07, 6.45) is 0. The van der Waals surface area contributed by atoms with Crippen molar-refractivity contribution < 1.29 is 15.0 Å². The SMILES string of the molecule is CN(C)Cc1cc2cc(-c3cc(O)c(C(=O)O)c(=O)[nH]3)ccc2n1C.Cl. The Kier molecular flexibility index (Phi) is 5.44. The fourth-order valence-electron chi connectivity index (χ4n) is 2.96. The maximum atomic E-state index is 11.9. The fourth-order valence-corrected chi connectivity index (χ4v) is 2.96. The summed E-state index contributed by atoms with van der Waals surface area (Å²) in [5.41, 5.74) is 1.78. The first kappa shape index (κ1) is 19.6. The van der Waals surface area contributed by atoms with Gasteiger partial charge >= 0.3 is 5.97 Å². The Hall–Kier alpha value is -2.77. The monoisotopic (exact) mass is 377 g/mol. The minimum Gasteiger partial charge on any atom is -0.507 e. The Morgan fingerprint density at radius 2 is 1.92 bits per heavy atom. The first-order chi connectivity index (χ1) is 11.8. The van der Waals surface area contributed by atoms with Crippen molar-refractivity contribution in [1.82, 2.24) is 14.5 Å². The molecule has 0 unspecified atom stereocenters. The maximum absolute atomic E-state index is 11.9. The summed E-state index contributed by atoms with van der Waals surface area (Å²) in [5, 5.41) is 19.8. The average Bonchev–Trinajstić information content (AvgIpc) is 2.81. The minimum absolute atomic E-state index is 0. The number of aromatic hydroxyl groups is 1. The van der Waals surface area contributed by atoms with Gasteiger partial charge in [0.05, 0.1) is 5.69 Å². The number of halogens is 1. The maximum Gasteiger partial charge on any atom is 0.345 e. The number of carboxylic acids is 1. The normalized spacial score (nSPS) is 10.9. The van der Waals surface area contributed by atoms with Crippen LogP contribution in [-0.4, -0.2) is 44.7 Å². The van der Waals surface area contributed by atoms with Gasteiger partial charge in [0.2, 0.25) is 0 Å². The second-order valence-electron chi connectivity index (χ2n) is 6.28. The van der Waals surface area contributed by atoms with Crippen LogP contribution in [0.5, 0.6) is 5.75 Å². The van der Waals surface area contributed by atoms with Gasteiger partial charge in [-0.2, -0.15) is 0 Å². The molecular weight excluding hydrogens is 358 g/mol. The number of aromatic nitrogens is 2. The number of pyridine rings is 1. The lowest BCUT2D eigenvalue weighted by Crippen LogP contribution is -2.17. The van der Waals surface area contributed by atoms with E-state index in [1.807, 2.05) is 39.3 Å². The van der Waals surface area contributed by atoms with Gasteiger partial charge in [0.25, 0.3) is 5.56 Å². The summed E-state index contributed by atoms with van der Waals surface area (Å²) in [6, 6.07) is 9.00. The lowest BCUT2D eigenvalue weighted by atomic mass is 10.1. The summed E-state index contributed by atoms with van der Waals surface area (Å²) in [4.78, 5) is 27.5. The van der Waals surface area contributed by atoms with Gasteiger partial charge in [-0.25, -0.2) is 4.79 Å². The highest BCUT2D eigenvalue weighted by Gasteiger charge is 2.17. The van der Waals surface area contributed by atoms with Gasteiger partial charge < -0.3 is 24.7 Å². The molecule has 0 saturated heterocycles. The summed E-state index contributed by atoms with van der Waals surface area (Å²) in [5.74, 6) is -2.01. The zero-order valence-electron chi connectivity index (χ0n) is 14.6. The zero-order valence-corrected chi connectivity index (χ0v) is 15.4. The number of benzene rings is 1. The van der Waals surface area contributed by atoms with E-state index in [-0.39, 0.29) is 12.4 Å². The number of fused-ring (bicyclic) bond motifs is 1. The minimum atomic E-state index is -1.46. The molecule has 0 aliphatic carbocycles. The van der Waals surface area contributed by atoms with Crippen molar-refractivity contribution in [3.8, 4) is 17.0 Å². The van der Waals surface area contributed by atoms with Crippen molar-refractivity contribution in [2.75, 3.05) is 14.1 Å². The van der Waals surface area contributed by atoms with E-state index < -0.39 is 22.8 Å². The molecule has 138 valence electrons. The Labute approximate surface area is 155 Å². The summed E-state index contributed by atoms with van der Waals surface area (Å²) in [6.45, 7) is 0.797. The van der Waals surface area contributed by atoms with Gasteiger partial charge in [-0.05, 0) is 37.9 Å². The molecule has 0 aliphatic rings. The van der Waals surface area contributed by atoms with Crippen LogP contribution < -0.4 is 5.56 Å². The highest BCUT2D eigenvalue weighted by molar-refractivity contribution is 5.91. The predicted molar refractivity (Wildman–Crippen MR) is 102 cm³/mol. The van der Waals surface area contributed by atoms with Gasteiger partial charge in [-0.1, -0.05) is 6.07 Å². The Bertz CT molecular complexity index is 1040. The summed E-state index contributed by atoms with van der Waals surface area (Å²) >= 11 is 0. The molecule has 0 saturated carbocycles. The Balaban J connectivity index is 0.00000243. The van der Waals surface area contributed by atoms with Crippen LogP contribution in [0, 0.1) is 0 Å². The van der Waals surface area contributed by atoms with E-state index in [2.05, 4.69) is 20.5 Å². The number of carbonyl (C=O) groups is 1. The number of hydrogen-bond acceptors (Lipinski definition) is 4. The molecule has 8 heteroatoms. The molecule has 0 fully saturated rings. The second kappa shape index (κ2) is 7.23. The van der Waals surface area contributed by atoms with Crippen LogP contribution in [0.4, 0.5) is 0 Å². The van der Waals surface area contributed by atoms with E-state index in [0.717, 1.165) is 23.1 Å². The Morgan fingerprint density at radius 1 is 1.23 bits per heavy atom. The second-order valence-corrected chi connectivity index (χ2v) is 6.28. The van der Waals surface area contributed by atoms with Crippen LogP contribution in [-0.2, 0) is 13.6 Å². The molecular formula is C18H20ClN3O4. The van der Waals surface area contributed by atoms with Crippen molar-refractivity contribution in [3.63, 3.8) is 0 Å². The number of rotatable bonds is 4. The van der Waals surface area contributed by atoms with Gasteiger partial charge in [0.15, 0.2) is 5.56 Å². The third-order valence-corrected chi connectivity index (χ3v) is 4.16. The predicted octanol–water partition coefficient (Wildman–Crippen LogP) is 2.42. The van der Waals surface area contributed by atoms with Gasteiger partial charge in [-0.15, -0.1) is 12.4 Å². The molecule has 0 atom stereocenters. The number of nitrogens with zero attached hydrogens (tertiary/aromatic N) is 2. The average molecular weight is 378 g/mol. The van der Waals surface area contributed by atoms with E-state index in [4.69, 9.17) is 5.11 Å². The molecule has 0 spiro atoms. The van der Waals surface area contributed by atoms with E-state index >= 15 is 0 Å². The number of nitrogens with one attached hydrogen (secondary N) is 1. The fraction of sp³-hybridized carbons (Fsp3) is 0.222. The summed E-state index contributed by atoms with van der Waals surface area (Å²) in [7, 11) is 6.00. The molecule has 3 aromatic rings. The molecule has 2 aromatic heterocycles. The van der Waals surface area contributed by atoms with Crippen molar-refractivity contribution in [2.45, 2.75) is 6.54 Å². The van der Waals surface area contributed by atoms with E-state index in [0.29, 0.717) is 11.3 Å². The molecule has 0 radical (unpaired) electrons. The third-order valence-electron chi connectivity index (χ3n) is 4.16. The highest BCUT2D eigenvalue weighted by atomic mass is 35.5. The van der Waals surface area contributed by atoms with Gasteiger partial charge in [-0.3, -0.25) is 4.79 Å². The largest absolute Gasteiger partial charge is 0.507 e. The first-order valence-electron chi connectivity index (χ1n) is 7.71. The molecule has 0 amide bonds. The molecule has 3 N–H and O–H groups in total. The van der Waals surface area contributed by atoms with Gasteiger partial charge in [0, 0.05) is 36.3 Å². The van der Waals surface area contributed by atoms with Crippen LogP contribution in [0.15, 0.2) is 35.1 Å². The van der Waals surface area contributed by atoms with E-state index in [9.17, 15) is 14.7 Å². The third kappa shape index (κ3) is 3.44. The van der Waals surface area contributed by atoms with Crippen molar-refractivity contribution in [1.29, 1.82) is 0 Å². The molecule has 2 heterocycles. The smallest absolute Gasteiger partial charge is 0.345 e. The zero-order chi connectivity index (χ0) is 18.3. The number of H-pyrrole nitrogens is 1. The lowest BCUT2D eigenvalue weighted by Gasteiger charge is -2.10. The molecule has 0 aliphatic heterocycles. The number of hydrogen-bond donors (Lipinski definition) is 3. The van der Waals surface area contributed by atoms with Crippen molar-refractivity contribution in [2.24, 2.45) is 7.05 Å². The van der Waals surface area contributed by atoms with Crippen LogP contribution >= 0.6 is 12.4 Å². The van der Waals surface area contributed by atoms with E-state index in [1.54, 1.807) is 0 Å². The quantitative estimate of drug-likeness (QED) is 0.648. The van der Waals surface area contributed by atoms with Gasteiger partial charge in [0.1, 0.15) is 5.75 Å². The standard InChI is InChI=1S/C18H19N3O4.ClH/c1-20(2)9-12-7-11-6-10(4-5-14(11)21(12)3)13-8-15(22)16(18(24)25)17(23)19-13;/h4-8H,9H2,1-3H3,(H,24,25)(H2,19,22,23);1H. The Morgan fingerprint density at radius 3 is 2.50 bits per heavy atom. The number of carboxylic acid groups (broad SMARTS) is 1. The lowest BCUT2D eigenvalue weighted by molar-refractivity contribution is 0.0691. The van der Waals surface area contributed by atoms with Crippen molar-refractivity contribution >= 4 is 29.3 Å². The topological polar surface area (TPSA) is 98.6 Å².